The molecule has 0 radical (unpaired) electrons. The highest BCUT2D eigenvalue weighted by atomic mass is 19.4. The van der Waals surface area contributed by atoms with E-state index in [-0.39, 0.29) is 0 Å². The number of rotatable bonds is 3. The van der Waals surface area contributed by atoms with Crippen LogP contribution in [0.3, 0.4) is 0 Å². The molecule has 1 aromatic carbocycles. The number of alkyl halides is 3. The van der Waals surface area contributed by atoms with Gasteiger partial charge in [0.05, 0.1) is 12.1 Å². The number of hydrogen-bond donors (Lipinski definition) is 0. The summed E-state index contributed by atoms with van der Waals surface area (Å²) in [6.07, 6.45) is -3.46. The molecule has 1 saturated heterocycles. The molecule has 0 spiro atoms. The molecule has 3 nitrogen and oxygen atoms in total. The molecule has 0 atom stereocenters. The summed E-state index contributed by atoms with van der Waals surface area (Å²) < 4.78 is 37.9. The lowest BCUT2D eigenvalue weighted by Crippen LogP contribution is -2.46. The molecule has 1 aromatic rings. The van der Waals surface area contributed by atoms with Crippen LogP contribution in [-0.4, -0.2) is 43.9 Å². The molecule has 0 bridgehead atoms. The van der Waals surface area contributed by atoms with E-state index < -0.39 is 11.7 Å². The van der Waals surface area contributed by atoms with Crippen molar-refractivity contribution in [2.24, 2.45) is 0 Å². The first-order chi connectivity index (χ1) is 9.00. The topological polar surface area (TPSA) is 23.6 Å². The van der Waals surface area contributed by atoms with E-state index >= 15 is 0 Å². The van der Waals surface area contributed by atoms with Crippen LogP contribution < -0.4 is 4.90 Å². The Balaban J connectivity index is 2.05. The highest BCUT2D eigenvalue weighted by Gasteiger charge is 2.31. The van der Waals surface area contributed by atoms with Gasteiger partial charge in [0.25, 0.3) is 0 Å². The summed E-state index contributed by atoms with van der Waals surface area (Å²) >= 11 is 0. The van der Waals surface area contributed by atoms with Gasteiger partial charge in [0.1, 0.15) is 6.29 Å². The third-order valence-corrected chi connectivity index (χ3v) is 3.24. The molecule has 0 saturated carbocycles. The molecule has 0 N–H and O–H groups in total. The zero-order chi connectivity index (χ0) is 13.9. The van der Waals surface area contributed by atoms with Gasteiger partial charge >= 0.3 is 6.18 Å². The number of carbonyl (C=O) groups excluding carboxylic acids is 1. The van der Waals surface area contributed by atoms with Crippen LogP contribution in [0.2, 0.25) is 0 Å². The highest BCUT2D eigenvalue weighted by Crippen LogP contribution is 2.31. The van der Waals surface area contributed by atoms with Crippen molar-refractivity contribution in [3.8, 4) is 0 Å². The van der Waals surface area contributed by atoms with Gasteiger partial charge in [0.2, 0.25) is 0 Å². The number of aldehydes is 1. The van der Waals surface area contributed by atoms with Crippen LogP contribution in [0.1, 0.15) is 5.56 Å². The minimum atomic E-state index is -4.31. The van der Waals surface area contributed by atoms with E-state index in [4.69, 9.17) is 0 Å². The molecule has 2 rings (SSSR count). The van der Waals surface area contributed by atoms with Gasteiger partial charge in [-0.05, 0) is 18.2 Å². The Kier molecular flexibility index (Phi) is 4.09. The molecular weight excluding hydrogens is 257 g/mol. The Morgan fingerprint density at radius 2 is 1.84 bits per heavy atom. The Labute approximate surface area is 109 Å². The molecule has 1 aliphatic rings. The van der Waals surface area contributed by atoms with Crippen molar-refractivity contribution in [3.63, 3.8) is 0 Å². The molecule has 0 amide bonds. The lowest BCUT2D eigenvalue weighted by atomic mass is 10.1. The first-order valence-corrected chi connectivity index (χ1v) is 6.09. The first kappa shape index (κ1) is 13.9. The van der Waals surface area contributed by atoms with Crippen molar-refractivity contribution in [1.29, 1.82) is 0 Å². The smallest absolute Gasteiger partial charge is 0.369 e. The van der Waals surface area contributed by atoms with E-state index in [9.17, 15) is 18.0 Å². The minimum absolute atomic E-state index is 0.385. The number of carbonyl (C=O) groups is 1. The normalized spacial score (nSPS) is 17.5. The lowest BCUT2D eigenvalue weighted by Gasteiger charge is -2.35. The van der Waals surface area contributed by atoms with Gasteiger partial charge in [-0.2, -0.15) is 13.2 Å². The van der Waals surface area contributed by atoms with Gasteiger partial charge in [0.15, 0.2) is 0 Å². The molecule has 1 fully saturated rings. The maximum Gasteiger partial charge on any atom is 0.416 e. The molecule has 1 heterocycles. The summed E-state index contributed by atoms with van der Waals surface area (Å²) in [5.74, 6) is 0. The third-order valence-electron chi connectivity index (χ3n) is 3.24. The minimum Gasteiger partial charge on any atom is -0.369 e. The van der Waals surface area contributed by atoms with Gasteiger partial charge in [-0.3, -0.25) is 4.90 Å². The van der Waals surface area contributed by atoms with Crippen molar-refractivity contribution >= 4 is 12.0 Å². The van der Waals surface area contributed by atoms with E-state index in [0.717, 1.165) is 12.4 Å². The van der Waals surface area contributed by atoms with E-state index in [0.29, 0.717) is 38.4 Å². The molecule has 0 aliphatic carbocycles. The van der Waals surface area contributed by atoms with Crippen molar-refractivity contribution in [3.05, 3.63) is 29.8 Å². The summed E-state index contributed by atoms with van der Waals surface area (Å²) in [5.41, 5.74) is -0.0408. The van der Waals surface area contributed by atoms with Crippen LogP contribution in [0.4, 0.5) is 18.9 Å². The van der Waals surface area contributed by atoms with Crippen LogP contribution in [0.25, 0.3) is 0 Å². The first-order valence-electron chi connectivity index (χ1n) is 6.09. The van der Waals surface area contributed by atoms with Crippen molar-refractivity contribution in [1.82, 2.24) is 4.90 Å². The predicted octanol–water partition coefficient (Wildman–Crippen LogP) is 2.03. The summed E-state index contributed by atoms with van der Waals surface area (Å²) in [6.45, 7) is 3.03. The van der Waals surface area contributed by atoms with Gasteiger partial charge in [0, 0.05) is 31.9 Å². The quantitative estimate of drug-likeness (QED) is 0.787. The second-order valence-electron chi connectivity index (χ2n) is 4.50. The molecule has 19 heavy (non-hydrogen) atoms. The third kappa shape index (κ3) is 3.47. The van der Waals surface area contributed by atoms with Crippen LogP contribution in [0.5, 0.6) is 0 Å². The van der Waals surface area contributed by atoms with Crippen LogP contribution in [0, 0.1) is 0 Å². The number of piperazine rings is 1. The van der Waals surface area contributed by atoms with Crippen molar-refractivity contribution in [2.45, 2.75) is 6.18 Å². The lowest BCUT2D eigenvalue weighted by molar-refractivity contribution is -0.137. The average Bonchev–Trinajstić information content (AvgIpc) is 2.39. The van der Waals surface area contributed by atoms with Gasteiger partial charge < -0.3 is 9.69 Å². The average molecular weight is 272 g/mol. The molecule has 0 unspecified atom stereocenters. The van der Waals surface area contributed by atoms with Gasteiger partial charge in [-0.15, -0.1) is 0 Å². The Hall–Kier alpha value is -1.56. The van der Waals surface area contributed by atoms with Crippen LogP contribution in [-0.2, 0) is 11.0 Å². The molecule has 6 heteroatoms. The fourth-order valence-electron chi connectivity index (χ4n) is 2.17. The number of benzene rings is 1. The molecule has 1 aliphatic heterocycles. The monoisotopic (exact) mass is 272 g/mol. The fourth-order valence-corrected chi connectivity index (χ4v) is 2.17. The van der Waals surface area contributed by atoms with Crippen LogP contribution >= 0.6 is 0 Å². The Morgan fingerprint density at radius 3 is 2.42 bits per heavy atom. The van der Waals surface area contributed by atoms with E-state index in [1.165, 1.54) is 12.1 Å². The van der Waals surface area contributed by atoms with E-state index in [2.05, 4.69) is 0 Å². The summed E-state index contributed by atoms with van der Waals surface area (Å²) in [7, 11) is 0. The van der Waals surface area contributed by atoms with Crippen molar-refractivity contribution < 1.29 is 18.0 Å². The summed E-state index contributed by atoms with van der Waals surface area (Å²) in [4.78, 5) is 14.3. The maximum absolute atomic E-state index is 12.6. The SMILES string of the molecule is O=CCN1CCN(c2cccc(C(F)(F)F)c2)CC1. The number of halogens is 3. The van der Waals surface area contributed by atoms with E-state index in [1.54, 1.807) is 6.07 Å². The fraction of sp³-hybridized carbons (Fsp3) is 0.462. The Bertz CT molecular complexity index is 440. The zero-order valence-corrected chi connectivity index (χ0v) is 10.4. The number of hydrogen-bond acceptors (Lipinski definition) is 3. The second kappa shape index (κ2) is 5.61. The molecule has 104 valence electrons. The predicted molar refractivity (Wildman–Crippen MR) is 66.2 cm³/mol. The second-order valence-corrected chi connectivity index (χ2v) is 4.50. The highest BCUT2D eigenvalue weighted by molar-refractivity contribution is 5.53. The zero-order valence-electron chi connectivity index (χ0n) is 10.4. The standard InChI is InChI=1S/C13H15F3N2O/c14-13(15,16)11-2-1-3-12(10-11)18-6-4-17(5-7-18)8-9-19/h1-3,9-10H,4-8H2. The van der Waals surface area contributed by atoms with Gasteiger partial charge in [-0.25, -0.2) is 0 Å². The number of nitrogens with zero attached hydrogens (tertiary/aromatic N) is 2. The largest absolute Gasteiger partial charge is 0.416 e. The summed E-state index contributed by atoms with van der Waals surface area (Å²) in [6, 6.07) is 5.36. The van der Waals surface area contributed by atoms with E-state index in [1.807, 2.05) is 9.80 Å². The number of anilines is 1. The molecular formula is C13H15F3N2O. The maximum atomic E-state index is 12.6. The van der Waals surface area contributed by atoms with Crippen LogP contribution in [0.15, 0.2) is 24.3 Å². The van der Waals surface area contributed by atoms with Crippen molar-refractivity contribution in [2.75, 3.05) is 37.6 Å². The Morgan fingerprint density at radius 1 is 1.16 bits per heavy atom. The van der Waals surface area contributed by atoms with Gasteiger partial charge in [-0.1, -0.05) is 6.07 Å². The molecule has 0 aromatic heterocycles. The summed E-state index contributed by atoms with van der Waals surface area (Å²) in [5, 5.41) is 0.